The second-order valence-corrected chi connectivity index (χ2v) is 5.33. The van der Waals surface area contributed by atoms with Crippen molar-refractivity contribution in [1.82, 2.24) is 0 Å². The predicted octanol–water partition coefficient (Wildman–Crippen LogP) is 2.58. The minimum absolute atomic E-state index is 0.0919. The van der Waals surface area contributed by atoms with Crippen molar-refractivity contribution in [3.05, 3.63) is 0 Å². The van der Waals surface area contributed by atoms with Crippen LogP contribution in [0, 0.1) is 5.92 Å². The van der Waals surface area contributed by atoms with Crippen LogP contribution in [0.5, 0.6) is 0 Å². The molecule has 0 saturated heterocycles. The fraction of sp³-hybridized carbons (Fsp3) is 1.00. The molecule has 0 heterocycles. The highest BCUT2D eigenvalue weighted by molar-refractivity contribution is 4.80. The summed E-state index contributed by atoms with van der Waals surface area (Å²) in [6.07, 6.45) is 2.04. The zero-order chi connectivity index (χ0) is 12.8. The summed E-state index contributed by atoms with van der Waals surface area (Å²) < 4.78 is 11.1. The molecule has 0 aliphatic rings. The topological polar surface area (TPSA) is 44.5 Å². The van der Waals surface area contributed by atoms with Crippen LogP contribution in [0.25, 0.3) is 0 Å². The summed E-state index contributed by atoms with van der Waals surface area (Å²) in [6.45, 7) is 11.2. The number of methoxy groups -OCH3 is 1. The van der Waals surface area contributed by atoms with Crippen molar-refractivity contribution in [2.45, 2.75) is 65.2 Å². The molecule has 0 rings (SSSR count). The van der Waals surface area contributed by atoms with Crippen molar-refractivity contribution in [1.29, 1.82) is 0 Å². The van der Waals surface area contributed by atoms with E-state index in [1.807, 2.05) is 6.92 Å². The lowest BCUT2D eigenvalue weighted by Gasteiger charge is -2.30. The van der Waals surface area contributed by atoms with Gasteiger partial charge in [-0.25, -0.2) is 0 Å². The molecule has 2 atom stereocenters. The number of hydrogen-bond acceptors (Lipinski definition) is 3. The van der Waals surface area contributed by atoms with Crippen molar-refractivity contribution in [2.75, 3.05) is 13.7 Å². The summed E-state index contributed by atoms with van der Waals surface area (Å²) in [5.74, 6) is 0.459. The lowest BCUT2D eigenvalue weighted by atomic mass is 9.92. The van der Waals surface area contributed by atoms with Gasteiger partial charge in [0.15, 0.2) is 0 Å². The van der Waals surface area contributed by atoms with Gasteiger partial charge in [-0.05, 0) is 39.5 Å². The number of ether oxygens (including phenoxy) is 2. The monoisotopic (exact) mass is 231 g/mol. The third kappa shape index (κ3) is 5.83. The van der Waals surface area contributed by atoms with Crippen LogP contribution >= 0.6 is 0 Å². The molecule has 98 valence electrons. The van der Waals surface area contributed by atoms with Crippen molar-refractivity contribution >= 4 is 0 Å². The minimum Gasteiger partial charge on any atom is -0.379 e. The quantitative estimate of drug-likeness (QED) is 0.698. The number of rotatable bonds is 8. The second kappa shape index (κ2) is 7.25. The molecule has 0 fully saturated rings. The van der Waals surface area contributed by atoms with Gasteiger partial charge in [-0.15, -0.1) is 0 Å². The molecule has 0 amide bonds. The molecule has 0 saturated carbocycles. The highest BCUT2D eigenvalue weighted by Crippen LogP contribution is 2.20. The Morgan fingerprint density at radius 1 is 1.25 bits per heavy atom. The Morgan fingerprint density at radius 3 is 2.19 bits per heavy atom. The Balaban J connectivity index is 4.15. The summed E-state index contributed by atoms with van der Waals surface area (Å²) >= 11 is 0. The first-order chi connectivity index (χ1) is 7.34. The normalized spacial score (nSPS) is 16.5. The molecule has 0 radical (unpaired) electrons. The highest BCUT2D eigenvalue weighted by atomic mass is 16.5. The van der Waals surface area contributed by atoms with Crippen molar-refractivity contribution in [3.8, 4) is 0 Å². The summed E-state index contributed by atoms with van der Waals surface area (Å²) in [5.41, 5.74) is 6.09. The molecule has 0 spiro atoms. The van der Waals surface area contributed by atoms with E-state index in [4.69, 9.17) is 15.2 Å². The zero-order valence-electron chi connectivity index (χ0n) is 11.7. The van der Waals surface area contributed by atoms with Crippen LogP contribution in [0.2, 0.25) is 0 Å². The molecular weight excluding hydrogens is 202 g/mol. The average molecular weight is 231 g/mol. The lowest BCUT2D eigenvalue weighted by molar-refractivity contribution is -0.0110. The first-order valence-corrected chi connectivity index (χ1v) is 6.26. The molecule has 0 aliphatic heterocycles. The van der Waals surface area contributed by atoms with Gasteiger partial charge >= 0.3 is 0 Å². The van der Waals surface area contributed by atoms with Crippen LogP contribution in [-0.2, 0) is 9.47 Å². The molecule has 2 N–H and O–H groups in total. The first-order valence-electron chi connectivity index (χ1n) is 6.26. The Bertz CT molecular complexity index is 181. The third-order valence-corrected chi connectivity index (χ3v) is 3.07. The van der Waals surface area contributed by atoms with Crippen molar-refractivity contribution in [3.63, 3.8) is 0 Å². The minimum atomic E-state index is -0.0919. The molecule has 16 heavy (non-hydrogen) atoms. The van der Waals surface area contributed by atoms with Gasteiger partial charge in [-0.2, -0.15) is 0 Å². The van der Waals surface area contributed by atoms with Gasteiger partial charge in [0.25, 0.3) is 0 Å². The van der Waals surface area contributed by atoms with Gasteiger partial charge in [-0.3, -0.25) is 0 Å². The average Bonchev–Trinajstić information content (AvgIpc) is 2.22. The Morgan fingerprint density at radius 2 is 1.81 bits per heavy atom. The molecule has 0 aromatic carbocycles. The van der Waals surface area contributed by atoms with Gasteiger partial charge in [0, 0.05) is 19.8 Å². The molecule has 2 unspecified atom stereocenters. The van der Waals surface area contributed by atoms with E-state index in [1.165, 1.54) is 0 Å². The van der Waals surface area contributed by atoms with E-state index in [0.717, 1.165) is 19.4 Å². The molecule has 0 aromatic rings. The van der Waals surface area contributed by atoms with Crippen LogP contribution < -0.4 is 5.73 Å². The lowest BCUT2D eigenvalue weighted by Crippen LogP contribution is -2.41. The Hall–Kier alpha value is -0.120. The molecule has 0 aromatic heterocycles. The van der Waals surface area contributed by atoms with Gasteiger partial charge in [0.2, 0.25) is 0 Å². The van der Waals surface area contributed by atoms with Crippen LogP contribution in [0.4, 0.5) is 0 Å². The van der Waals surface area contributed by atoms with Crippen LogP contribution in [0.3, 0.4) is 0 Å². The van der Waals surface area contributed by atoms with Gasteiger partial charge in [0.1, 0.15) is 0 Å². The Labute approximate surface area is 101 Å². The molecule has 0 aliphatic carbocycles. The van der Waals surface area contributed by atoms with E-state index in [2.05, 4.69) is 27.7 Å². The smallest absolute Gasteiger partial charge is 0.0748 e. The van der Waals surface area contributed by atoms with E-state index >= 15 is 0 Å². The van der Waals surface area contributed by atoms with Crippen molar-refractivity contribution < 1.29 is 9.47 Å². The standard InChI is InChI=1S/C13H29NO2/c1-7-16-12(10(2)3)11(14)8-9-13(4,5)15-6/h10-12H,7-9,14H2,1-6H3. The number of hydrogen-bond donors (Lipinski definition) is 1. The maximum absolute atomic E-state index is 6.19. The molecular formula is C13H29NO2. The van der Waals surface area contributed by atoms with Crippen LogP contribution in [0.15, 0.2) is 0 Å². The fourth-order valence-corrected chi connectivity index (χ4v) is 1.78. The Kier molecular flexibility index (Phi) is 7.20. The summed E-state index contributed by atoms with van der Waals surface area (Å²) in [4.78, 5) is 0. The van der Waals surface area contributed by atoms with E-state index in [0.29, 0.717) is 5.92 Å². The van der Waals surface area contributed by atoms with E-state index in [1.54, 1.807) is 7.11 Å². The van der Waals surface area contributed by atoms with E-state index in [-0.39, 0.29) is 17.7 Å². The maximum Gasteiger partial charge on any atom is 0.0748 e. The zero-order valence-corrected chi connectivity index (χ0v) is 11.7. The third-order valence-electron chi connectivity index (χ3n) is 3.07. The second-order valence-electron chi connectivity index (χ2n) is 5.33. The summed E-state index contributed by atoms with van der Waals surface area (Å²) in [6, 6.07) is 0.0920. The van der Waals surface area contributed by atoms with E-state index in [9.17, 15) is 0 Å². The molecule has 0 bridgehead atoms. The molecule has 3 heteroatoms. The van der Waals surface area contributed by atoms with Gasteiger partial charge < -0.3 is 15.2 Å². The maximum atomic E-state index is 6.19. The van der Waals surface area contributed by atoms with Gasteiger partial charge in [-0.1, -0.05) is 13.8 Å². The number of nitrogens with two attached hydrogens (primary N) is 1. The highest BCUT2D eigenvalue weighted by Gasteiger charge is 2.24. The SMILES string of the molecule is CCOC(C(C)C)C(N)CCC(C)(C)OC. The van der Waals surface area contributed by atoms with Crippen LogP contribution in [0.1, 0.15) is 47.5 Å². The first kappa shape index (κ1) is 15.9. The summed E-state index contributed by atoms with van der Waals surface area (Å²) in [5, 5.41) is 0. The largest absolute Gasteiger partial charge is 0.379 e. The molecule has 3 nitrogen and oxygen atoms in total. The summed E-state index contributed by atoms with van der Waals surface area (Å²) in [7, 11) is 1.74. The van der Waals surface area contributed by atoms with Crippen molar-refractivity contribution in [2.24, 2.45) is 11.7 Å². The predicted molar refractivity (Wildman–Crippen MR) is 68.5 cm³/mol. The van der Waals surface area contributed by atoms with Crippen LogP contribution in [-0.4, -0.2) is 31.5 Å². The van der Waals surface area contributed by atoms with Gasteiger partial charge in [0.05, 0.1) is 11.7 Å². The van der Waals surface area contributed by atoms with E-state index < -0.39 is 0 Å². The fourth-order valence-electron chi connectivity index (χ4n) is 1.78.